The Morgan fingerprint density at radius 1 is 1.00 bits per heavy atom. The Hall–Kier alpha value is -2.04. The molecule has 1 aliphatic rings. The van der Waals surface area contributed by atoms with Crippen molar-refractivity contribution in [1.82, 2.24) is 3.93 Å². The van der Waals surface area contributed by atoms with E-state index in [0.29, 0.717) is 0 Å². The van der Waals surface area contributed by atoms with E-state index in [1.165, 1.54) is 27.5 Å². The monoisotopic (exact) mass is 411 g/mol. The van der Waals surface area contributed by atoms with Gasteiger partial charge in [0.2, 0.25) is 0 Å². The van der Waals surface area contributed by atoms with Crippen molar-refractivity contribution in [3.63, 3.8) is 0 Å². The van der Waals surface area contributed by atoms with E-state index in [-0.39, 0.29) is 6.04 Å². The second kappa shape index (κ2) is 7.29. The quantitative estimate of drug-likeness (QED) is 0.543. The van der Waals surface area contributed by atoms with Gasteiger partial charge in [0.05, 0.1) is 14.2 Å². The van der Waals surface area contributed by atoms with Crippen LogP contribution in [-0.2, 0) is 12.8 Å². The van der Waals surface area contributed by atoms with Gasteiger partial charge in [-0.1, -0.05) is 42.5 Å². The summed E-state index contributed by atoms with van der Waals surface area (Å²) in [5.41, 5.74) is 4.00. The van der Waals surface area contributed by atoms with Gasteiger partial charge < -0.3 is 9.47 Å². The maximum Gasteiger partial charge on any atom is 0.161 e. The third kappa shape index (κ3) is 3.08. The average Bonchev–Trinajstić information content (AvgIpc) is 2.69. The molecule has 0 fully saturated rings. The van der Waals surface area contributed by atoms with E-state index in [2.05, 4.69) is 74.7 Å². The third-order valence-corrected chi connectivity index (χ3v) is 6.08. The summed E-state index contributed by atoms with van der Waals surface area (Å²) in [7, 11) is 3.39. The number of fused-ring (bicyclic) bond motifs is 2. The van der Waals surface area contributed by atoms with Crippen molar-refractivity contribution in [2.24, 2.45) is 0 Å². The molecule has 0 N–H and O–H groups in total. The molecule has 0 spiro atoms. The predicted molar refractivity (Wildman–Crippen MR) is 109 cm³/mol. The van der Waals surface area contributed by atoms with Crippen LogP contribution in [0.15, 0.2) is 54.6 Å². The van der Waals surface area contributed by atoms with Crippen LogP contribution < -0.4 is 9.47 Å². The van der Waals surface area contributed by atoms with Crippen molar-refractivity contribution in [3.8, 4) is 11.5 Å². The van der Waals surface area contributed by atoms with Crippen molar-refractivity contribution >= 4 is 26.9 Å². The minimum atomic E-state index is 0.254. The Kier molecular flexibility index (Phi) is 4.88. The number of hydrogen-bond donors (Lipinski definition) is 0. The summed E-state index contributed by atoms with van der Waals surface area (Å²) in [5.74, 6) is 1.59. The van der Waals surface area contributed by atoms with Crippen LogP contribution in [0, 0.1) is 0 Å². The molecule has 0 radical (unpaired) electrons. The molecule has 0 aliphatic carbocycles. The summed E-state index contributed by atoms with van der Waals surface area (Å²) >= 11 is 3.79. The fourth-order valence-corrected chi connectivity index (χ4v) is 4.43. The molecule has 0 amide bonds. The van der Waals surface area contributed by atoms with Crippen LogP contribution in [0.3, 0.4) is 0 Å². The highest BCUT2D eigenvalue weighted by molar-refractivity contribution is 9.07. The number of methoxy groups -OCH3 is 2. The molecule has 1 atom stereocenters. The zero-order valence-corrected chi connectivity index (χ0v) is 16.6. The fraction of sp³-hybridized carbons (Fsp3) is 0.273. The molecular formula is C22H22BrNO2. The standard InChI is InChI=1S/C22H22BrNO2/c1-25-21-13-17-10-11-24(23)20(19(17)14-22(21)26-2)12-16-8-5-7-15-6-3-4-9-18(15)16/h3-9,13-14,20H,10-12H2,1-2H3/t20-/m1/s1. The highest BCUT2D eigenvalue weighted by Gasteiger charge is 2.28. The number of hydrogen-bond acceptors (Lipinski definition) is 3. The van der Waals surface area contributed by atoms with Crippen LogP contribution in [0.1, 0.15) is 22.7 Å². The van der Waals surface area contributed by atoms with Gasteiger partial charge in [-0.15, -0.1) is 0 Å². The molecule has 3 aromatic carbocycles. The smallest absolute Gasteiger partial charge is 0.161 e. The molecule has 1 aliphatic heterocycles. The van der Waals surface area contributed by atoms with E-state index in [4.69, 9.17) is 9.47 Å². The maximum absolute atomic E-state index is 5.55. The SMILES string of the molecule is COc1cc2c(cc1OC)[C@@H](Cc1cccc3ccccc13)N(Br)CC2. The molecule has 26 heavy (non-hydrogen) atoms. The van der Waals surface area contributed by atoms with Gasteiger partial charge in [0.1, 0.15) is 0 Å². The molecule has 1 heterocycles. The van der Waals surface area contributed by atoms with E-state index < -0.39 is 0 Å². The van der Waals surface area contributed by atoms with Gasteiger partial charge in [-0.05, 0) is 52.4 Å². The summed E-state index contributed by atoms with van der Waals surface area (Å²) in [6, 6.07) is 19.7. The number of ether oxygens (including phenoxy) is 2. The maximum atomic E-state index is 5.55. The Bertz CT molecular complexity index is 935. The van der Waals surface area contributed by atoms with E-state index in [1.54, 1.807) is 14.2 Å². The molecule has 3 nitrogen and oxygen atoms in total. The van der Waals surface area contributed by atoms with Gasteiger partial charge >= 0.3 is 0 Å². The Morgan fingerprint density at radius 3 is 2.54 bits per heavy atom. The normalized spacial score (nSPS) is 17.1. The second-order valence-corrected chi connectivity index (χ2v) is 7.55. The van der Waals surface area contributed by atoms with Crippen LogP contribution in [0.4, 0.5) is 0 Å². The van der Waals surface area contributed by atoms with Crippen LogP contribution in [0.25, 0.3) is 10.8 Å². The van der Waals surface area contributed by atoms with Crippen molar-refractivity contribution in [2.75, 3.05) is 20.8 Å². The van der Waals surface area contributed by atoms with Crippen LogP contribution in [0.5, 0.6) is 11.5 Å². The van der Waals surface area contributed by atoms with E-state index >= 15 is 0 Å². The molecule has 134 valence electrons. The third-order valence-electron chi connectivity index (χ3n) is 5.23. The minimum absolute atomic E-state index is 0.254. The first-order chi connectivity index (χ1) is 12.7. The van der Waals surface area contributed by atoms with Gasteiger partial charge in [0, 0.05) is 28.7 Å². The first-order valence-corrected chi connectivity index (χ1v) is 9.56. The number of halogens is 1. The van der Waals surface area contributed by atoms with Crippen molar-refractivity contribution in [1.29, 1.82) is 0 Å². The molecule has 0 saturated heterocycles. The lowest BCUT2D eigenvalue weighted by atomic mass is 9.88. The summed E-state index contributed by atoms with van der Waals surface area (Å²) in [6.07, 6.45) is 1.93. The zero-order chi connectivity index (χ0) is 18.1. The molecule has 4 rings (SSSR count). The zero-order valence-electron chi connectivity index (χ0n) is 15.0. The summed E-state index contributed by atoms with van der Waals surface area (Å²) in [5, 5.41) is 2.61. The lowest BCUT2D eigenvalue weighted by Gasteiger charge is -2.34. The topological polar surface area (TPSA) is 21.7 Å². The van der Waals surface area contributed by atoms with Gasteiger partial charge in [-0.2, -0.15) is 0 Å². The molecule has 3 aromatic rings. The highest BCUT2D eigenvalue weighted by atomic mass is 79.9. The Morgan fingerprint density at radius 2 is 1.73 bits per heavy atom. The van der Waals surface area contributed by atoms with Crippen LogP contribution in [-0.4, -0.2) is 24.7 Å². The lowest BCUT2D eigenvalue weighted by Crippen LogP contribution is -2.29. The Labute approximate surface area is 162 Å². The summed E-state index contributed by atoms with van der Waals surface area (Å²) in [6.45, 7) is 0.970. The highest BCUT2D eigenvalue weighted by Crippen LogP contribution is 2.41. The van der Waals surface area contributed by atoms with Crippen LogP contribution >= 0.6 is 16.1 Å². The number of benzene rings is 3. The molecule has 0 saturated carbocycles. The van der Waals surface area contributed by atoms with E-state index in [1.807, 2.05) is 0 Å². The minimum Gasteiger partial charge on any atom is -0.493 e. The van der Waals surface area contributed by atoms with Crippen molar-refractivity contribution < 1.29 is 9.47 Å². The second-order valence-electron chi connectivity index (χ2n) is 6.64. The molecular weight excluding hydrogens is 390 g/mol. The van der Waals surface area contributed by atoms with Gasteiger partial charge in [-0.25, -0.2) is 3.93 Å². The summed E-state index contributed by atoms with van der Waals surface area (Å²) < 4.78 is 13.3. The van der Waals surface area contributed by atoms with Crippen molar-refractivity contribution in [2.45, 2.75) is 18.9 Å². The van der Waals surface area contributed by atoms with Gasteiger partial charge in [0.15, 0.2) is 11.5 Å². The molecule has 0 unspecified atom stereocenters. The Balaban J connectivity index is 1.77. The summed E-state index contributed by atoms with van der Waals surface area (Å²) in [4.78, 5) is 0. The molecule has 0 aromatic heterocycles. The van der Waals surface area contributed by atoms with Crippen molar-refractivity contribution in [3.05, 3.63) is 71.3 Å². The lowest BCUT2D eigenvalue weighted by molar-refractivity contribution is 0.334. The first-order valence-electron chi connectivity index (χ1n) is 8.85. The van der Waals surface area contributed by atoms with E-state index in [9.17, 15) is 0 Å². The van der Waals surface area contributed by atoms with Gasteiger partial charge in [0.25, 0.3) is 0 Å². The van der Waals surface area contributed by atoms with Gasteiger partial charge in [-0.3, -0.25) is 0 Å². The largest absolute Gasteiger partial charge is 0.493 e. The fourth-order valence-electron chi connectivity index (χ4n) is 3.89. The molecule has 4 heteroatoms. The average molecular weight is 412 g/mol. The molecule has 0 bridgehead atoms. The van der Waals surface area contributed by atoms with E-state index in [0.717, 1.165) is 30.9 Å². The predicted octanol–water partition coefficient (Wildman–Crippen LogP) is 5.31. The van der Waals surface area contributed by atoms with Crippen LogP contribution in [0.2, 0.25) is 0 Å². The first kappa shape index (κ1) is 17.4. The number of nitrogens with zero attached hydrogens (tertiary/aromatic N) is 1. The number of rotatable bonds is 4.